The summed E-state index contributed by atoms with van der Waals surface area (Å²) in [7, 11) is 0. The Kier molecular flexibility index (Phi) is 3.95. The van der Waals surface area contributed by atoms with Crippen LogP contribution in [0.1, 0.15) is 5.76 Å². The third-order valence-corrected chi connectivity index (χ3v) is 2.99. The largest absolute Gasteiger partial charge is 0.484 e. The number of benzene rings is 1. The predicted octanol–water partition coefficient (Wildman–Crippen LogP) is 1.31. The minimum Gasteiger partial charge on any atom is -0.484 e. The first-order valence-electron chi connectivity index (χ1n) is 6.69. The Balaban J connectivity index is 1.52. The highest BCUT2D eigenvalue weighted by molar-refractivity contribution is 5.95. The Bertz CT molecular complexity index is 681. The van der Waals surface area contributed by atoms with Gasteiger partial charge in [-0.15, -0.1) is 0 Å². The van der Waals surface area contributed by atoms with Crippen LogP contribution in [0, 0.1) is 0 Å². The van der Waals surface area contributed by atoms with E-state index < -0.39 is 0 Å². The number of carbonyl (C=O) groups is 2. The average Bonchev–Trinajstić information content (AvgIpc) is 3.04. The highest BCUT2D eigenvalue weighted by atomic mass is 16.5. The summed E-state index contributed by atoms with van der Waals surface area (Å²) in [6, 6.07) is 8.50. The van der Waals surface area contributed by atoms with E-state index in [2.05, 4.69) is 10.6 Å². The van der Waals surface area contributed by atoms with Gasteiger partial charge in [-0.05, 0) is 24.3 Å². The summed E-state index contributed by atoms with van der Waals surface area (Å²) in [5.74, 6) is 1.23. The third-order valence-electron chi connectivity index (χ3n) is 2.99. The molecule has 0 unspecified atom stereocenters. The Hall–Kier alpha value is -2.96. The number of furan rings is 1. The third kappa shape index (κ3) is 3.38. The Labute approximate surface area is 126 Å². The average molecular weight is 302 g/mol. The molecule has 3 rings (SSSR count). The van der Waals surface area contributed by atoms with Gasteiger partial charge >= 0.3 is 0 Å². The first-order valence-corrected chi connectivity index (χ1v) is 6.69. The SMILES string of the molecule is O=C(COc1ccc2c(c1)NC(=O)CO2)NCc1ccco1. The molecule has 7 heteroatoms. The van der Waals surface area contributed by atoms with E-state index in [-0.39, 0.29) is 25.0 Å². The van der Waals surface area contributed by atoms with Crippen LogP contribution >= 0.6 is 0 Å². The monoisotopic (exact) mass is 302 g/mol. The number of nitrogens with one attached hydrogen (secondary N) is 2. The molecule has 2 aromatic rings. The highest BCUT2D eigenvalue weighted by Crippen LogP contribution is 2.31. The maximum atomic E-state index is 11.7. The van der Waals surface area contributed by atoms with E-state index in [0.717, 1.165) is 0 Å². The lowest BCUT2D eigenvalue weighted by molar-refractivity contribution is -0.123. The normalized spacial score (nSPS) is 12.8. The molecule has 7 nitrogen and oxygen atoms in total. The molecule has 0 saturated carbocycles. The van der Waals surface area contributed by atoms with E-state index in [9.17, 15) is 9.59 Å². The summed E-state index contributed by atoms with van der Waals surface area (Å²) in [6.45, 7) is 0.181. The number of anilines is 1. The van der Waals surface area contributed by atoms with Crippen LogP contribution in [0.4, 0.5) is 5.69 Å². The van der Waals surface area contributed by atoms with Gasteiger partial charge in [0.2, 0.25) is 0 Å². The van der Waals surface area contributed by atoms with Crippen LogP contribution < -0.4 is 20.1 Å². The van der Waals surface area contributed by atoms with Gasteiger partial charge in [-0.3, -0.25) is 9.59 Å². The Morgan fingerprint density at radius 2 is 2.27 bits per heavy atom. The molecule has 1 aliphatic heterocycles. The van der Waals surface area contributed by atoms with E-state index >= 15 is 0 Å². The number of amides is 2. The molecule has 0 bridgehead atoms. The molecule has 114 valence electrons. The molecule has 2 heterocycles. The van der Waals surface area contributed by atoms with Gasteiger partial charge in [0, 0.05) is 6.07 Å². The van der Waals surface area contributed by atoms with Gasteiger partial charge in [0.15, 0.2) is 13.2 Å². The van der Waals surface area contributed by atoms with Gasteiger partial charge in [-0.2, -0.15) is 0 Å². The van der Waals surface area contributed by atoms with E-state index in [1.165, 1.54) is 0 Å². The number of carbonyl (C=O) groups excluding carboxylic acids is 2. The maximum absolute atomic E-state index is 11.7. The van der Waals surface area contributed by atoms with Crippen molar-refractivity contribution in [2.75, 3.05) is 18.5 Å². The van der Waals surface area contributed by atoms with Gasteiger partial charge in [-0.1, -0.05) is 0 Å². The molecule has 0 saturated heterocycles. The van der Waals surface area contributed by atoms with Gasteiger partial charge in [0.1, 0.15) is 17.3 Å². The van der Waals surface area contributed by atoms with E-state index in [4.69, 9.17) is 13.9 Å². The van der Waals surface area contributed by atoms with Crippen LogP contribution in [-0.2, 0) is 16.1 Å². The lowest BCUT2D eigenvalue weighted by atomic mass is 10.2. The summed E-state index contributed by atoms with van der Waals surface area (Å²) in [5.41, 5.74) is 0.532. The van der Waals surface area contributed by atoms with Crippen molar-refractivity contribution < 1.29 is 23.5 Å². The molecule has 1 aliphatic rings. The molecule has 0 aliphatic carbocycles. The number of hydrogen-bond acceptors (Lipinski definition) is 5. The zero-order valence-corrected chi connectivity index (χ0v) is 11.6. The molecule has 1 aromatic heterocycles. The number of fused-ring (bicyclic) bond motifs is 1. The fourth-order valence-corrected chi connectivity index (χ4v) is 1.95. The van der Waals surface area contributed by atoms with Crippen molar-refractivity contribution in [3.63, 3.8) is 0 Å². The van der Waals surface area contributed by atoms with Crippen LogP contribution in [-0.4, -0.2) is 25.0 Å². The van der Waals surface area contributed by atoms with Crippen LogP contribution in [0.5, 0.6) is 11.5 Å². The molecular formula is C15H14N2O5. The summed E-state index contributed by atoms with van der Waals surface area (Å²) < 4.78 is 15.7. The van der Waals surface area contributed by atoms with E-state index in [1.807, 2.05) is 0 Å². The minimum absolute atomic E-state index is 0.00237. The molecular weight excluding hydrogens is 288 g/mol. The van der Waals surface area contributed by atoms with Crippen molar-refractivity contribution in [2.45, 2.75) is 6.54 Å². The first kappa shape index (κ1) is 14.0. The number of ether oxygens (including phenoxy) is 2. The molecule has 0 spiro atoms. The van der Waals surface area contributed by atoms with Gasteiger partial charge in [0.05, 0.1) is 18.5 Å². The van der Waals surface area contributed by atoms with Gasteiger partial charge in [0.25, 0.3) is 11.8 Å². The van der Waals surface area contributed by atoms with Crippen molar-refractivity contribution in [3.05, 3.63) is 42.4 Å². The van der Waals surface area contributed by atoms with Crippen LogP contribution in [0.3, 0.4) is 0 Å². The van der Waals surface area contributed by atoms with Crippen molar-refractivity contribution >= 4 is 17.5 Å². The number of rotatable bonds is 5. The Morgan fingerprint density at radius 1 is 1.36 bits per heavy atom. The second-order valence-electron chi connectivity index (χ2n) is 4.64. The van der Waals surface area contributed by atoms with Crippen molar-refractivity contribution in [3.8, 4) is 11.5 Å². The maximum Gasteiger partial charge on any atom is 0.262 e. The molecule has 0 fully saturated rings. The molecule has 0 radical (unpaired) electrons. The van der Waals surface area contributed by atoms with Crippen LogP contribution in [0.15, 0.2) is 41.0 Å². The zero-order valence-electron chi connectivity index (χ0n) is 11.6. The Morgan fingerprint density at radius 3 is 3.09 bits per heavy atom. The molecule has 2 amide bonds. The predicted molar refractivity (Wildman–Crippen MR) is 76.6 cm³/mol. The van der Waals surface area contributed by atoms with Gasteiger partial charge < -0.3 is 24.5 Å². The number of hydrogen-bond donors (Lipinski definition) is 2. The zero-order chi connectivity index (χ0) is 15.4. The lowest BCUT2D eigenvalue weighted by Gasteiger charge is -2.18. The quantitative estimate of drug-likeness (QED) is 0.869. The fourth-order valence-electron chi connectivity index (χ4n) is 1.95. The second kappa shape index (κ2) is 6.21. The molecule has 1 aromatic carbocycles. The highest BCUT2D eigenvalue weighted by Gasteiger charge is 2.16. The van der Waals surface area contributed by atoms with Crippen LogP contribution in [0.25, 0.3) is 0 Å². The first-order chi connectivity index (χ1) is 10.7. The van der Waals surface area contributed by atoms with Crippen molar-refractivity contribution in [1.29, 1.82) is 0 Å². The minimum atomic E-state index is -0.269. The fraction of sp³-hybridized carbons (Fsp3) is 0.200. The van der Waals surface area contributed by atoms with Crippen LogP contribution in [0.2, 0.25) is 0 Å². The topological polar surface area (TPSA) is 89.8 Å². The molecule has 0 atom stereocenters. The summed E-state index contributed by atoms with van der Waals surface area (Å²) in [4.78, 5) is 22.9. The standard InChI is InChI=1S/C15H14N2O5/c18-14(16-7-11-2-1-5-20-11)8-21-10-3-4-13-12(6-10)17-15(19)9-22-13/h1-6H,7-9H2,(H,16,18)(H,17,19). The summed E-state index contributed by atoms with van der Waals surface area (Å²) in [6.07, 6.45) is 1.54. The summed E-state index contributed by atoms with van der Waals surface area (Å²) in [5, 5.41) is 5.35. The van der Waals surface area contributed by atoms with Crippen molar-refractivity contribution in [1.82, 2.24) is 5.32 Å². The van der Waals surface area contributed by atoms with Crippen molar-refractivity contribution in [2.24, 2.45) is 0 Å². The summed E-state index contributed by atoms with van der Waals surface area (Å²) >= 11 is 0. The molecule has 22 heavy (non-hydrogen) atoms. The molecule has 2 N–H and O–H groups in total. The van der Waals surface area contributed by atoms with E-state index in [0.29, 0.717) is 29.5 Å². The lowest BCUT2D eigenvalue weighted by Crippen LogP contribution is -2.28. The van der Waals surface area contributed by atoms with E-state index in [1.54, 1.807) is 36.6 Å². The smallest absolute Gasteiger partial charge is 0.262 e. The van der Waals surface area contributed by atoms with Gasteiger partial charge in [-0.25, -0.2) is 0 Å². The second-order valence-corrected chi connectivity index (χ2v) is 4.64.